The van der Waals surface area contributed by atoms with E-state index in [9.17, 15) is 18.0 Å². The van der Waals surface area contributed by atoms with Gasteiger partial charge in [-0.25, -0.2) is 18.2 Å². The Morgan fingerprint density at radius 1 is 1.52 bits per heavy atom. The molecule has 1 saturated heterocycles. The third-order valence-electron chi connectivity index (χ3n) is 3.08. The molecule has 1 aromatic rings. The lowest BCUT2D eigenvalue weighted by Crippen LogP contribution is -2.54. The van der Waals surface area contributed by atoms with Gasteiger partial charge in [0, 0.05) is 18.1 Å². The van der Waals surface area contributed by atoms with E-state index in [-0.39, 0.29) is 31.0 Å². The third-order valence-corrected chi connectivity index (χ3v) is 5.55. The smallest absolute Gasteiger partial charge is 0.318 e. The summed E-state index contributed by atoms with van der Waals surface area (Å²) in [6.45, 7) is 0.240. The zero-order chi connectivity index (χ0) is 15.5. The van der Waals surface area contributed by atoms with Crippen molar-refractivity contribution in [1.29, 1.82) is 0 Å². The molecule has 0 aliphatic carbocycles. The highest BCUT2D eigenvalue weighted by molar-refractivity contribution is 7.91. The predicted octanol–water partition coefficient (Wildman–Crippen LogP) is -0.0736. The van der Waals surface area contributed by atoms with Gasteiger partial charge in [0.25, 0.3) is 0 Å². The van der Waals surface area contributed by atoms with Gasteiger partial charge in [-0.15, -0.1) is 11.3 Å². The molecule has 10 heteroatoms. The Morgan fingerprint density at radius 2 is 2.29 bits per heavy atom. The van der Waals surface area contributed by atoms with Crippen molar-refractivity contribution in [1.82, 2.24) is 15.2 Å². The first kappa shape index (κ1) is 15.7. The standard InChI is InChI=1S/C11H15N3O5S2/c15-10(16)5-8-7-21(18,19)4-2-14(8)11(17)13-6-9-12-1-3-20-9/h1,3,8H,2,4-7H2,(H,13,17)(H,15,16). The number of sulfone groups is 1. The van der Waals surface area contributed by atoms with Crippen LogP contribution in [0.1, 0.15) is 11.4 Å². The van der Waals surface area contributed by atoms with Gasteiger partial charge >= 0.3 is 12.0 Å². The van der Waals surface area contributed by atoms with Gasteiger partial charge in [0.05, 0.1) is 30.5 Å². The number of carbonyl (C=O) groups excluding carboxylic acids is 1. The molecule has 0 spiro atoms. The quantitative estimate of drug-likeness (QED) is 0.796. The van der Waals surface area contributed by atoms with Gasteiger partial charge in [-0.2, -0.15) is 0 Å². The van der Waals surface area contributed by atoms with Crippen molar-refractivity contribution in [2.45, 2.75) is 19.0 Å². The molecule has 1 aromatic heterocycles. The lowest BCUT2D eigenvalue weighted by atomic mass is 10.2. The minimum Gasteiger partial charge on any atom is -0.481 e. The maximum Gasteiger partial charge on any atom is 0.318 e. The molecular weight excluding hydrogens is 318 g/mol. The van der Waals surface area contributed by atoms with Crippen molar-refractivity contribution >= 4 is 33.2 Å². The first-order chi connectivity index (χ1) is 9.87. The fourth-order valence-electron chi connectivity index (χ4n) is 2.12. The Balaban J connectivity index is 2.01. The van der Waals surface area contributed by atoms with Crippen molar-refractivity contribution in [2.75, 3.05) is 18.1 Å². The van der Waals surface area contributed by atoms with Gasteiger partial charge in [-0.05, 0) is 0 Å². The first-order valence-corrected chi connectivity index (χ1v) is 8.92. The second-order valence-electron chi connectivity index (χ2n) is 4.64. The summed E-state index contributed by atoms with van der Waals surface area (Å²) in [4.78, 5) is 28.2. The summed E-state index contributed by atoms with van der Waals surface area (Å²) >= 11 is 1.39. The van der Waals surface area contributed by atoms with Crippen molar-refractivity contribution < 1.29 is 23.1 Å². The molecule has 21 heavy (non-hydrogen) atoms. The Hall–Kier alpha value is -1.68. The third kappa shape index (κ3) is 4.39. The number of carbonyl (C=O) groups is 2. The highest BCUT2D eigenvalue weighted by atomic mass is 32.2. The fraction of sp³-hybridized carbons (Fsp3) is 0.545. The zero-order valence-corrected chi connectivity index (χ0v) is 12.7. The maximum absolute atomic E-state index is 12.1. The van der Waals surface area contributed by atoms with Crippen LogP contribution in [0.15, 0.2) is 11.6 Å². The van der Waals surface area contributed by atoms with Crippen LogP contribution >= 0.6 is 11.3 Å². The molecule has 1 aliphatic heterocycles. The Labute approximate surface area is 125 Å². The molecule has 1 unspecified atom stereocenters. The van der Waals surface area contributed by atoms with Crippen LogP contribution in [0.25, 0.3) is 0 Å². The number of hydrogen-bond acceptors (Lipinski definition) is 6. The molecule has 0 radical (unpaired) electrons. The Bertz CT molecular complexity index is 614. The van der Waals surface area contributed by atoms with Crippen molar-refractivity contribution in [2.24, 2.45) is 0 Å². The lowest BCUT2D eigenvalue weighted by Gasteiger charge is -2.34. The average molecular weight is 333 g/mol. The molecule has 1 atom stereocenters. The number of nitrogens with zero attached hydrogens (tertiary/aromatic N) is 2. The number of rotatable bonds is 4. The summed E-state index contributed by atoms with van der Waals surface area (Å²) in [5.74, 6) is -1.59. The molecule has 2 amide bonds. The number of carboxylic acid groups (broad SMARTS) is 1. The molecule has 0 aromatic carbocycles. The second kappa shape index (κ2) is 6.39. The largest absolute Gasteiger partial charge is 0.481 e. The van der Waals surface area contributed by atoms with Gasteiger partial charge in [-0.3, -0.25) is 4.79 Å². The molecule has 1 fully saturated rings. The number of carboxylic acids is 1. The molecule has 116 valence electrons. The van der Waals surface area contributed by atoms with Gasteiger partial charge in [0.15, 0.2) is 9.84 Å². The molecule has 2 rings (SSSR count). The Kier molecular flexibility index (Phi) is 4.78. The molecule has 2 N–H and O–H groups in total. The normalized spacial score (nSPS) is 21.0. The SMILES string of the molecule is O=C(O)CC1CS(=O)(=O)CCN1C(=O)NCc1nccs1. The van der Waals surface area contributed by atoms with Crippen LogP contribution in [0.5, 0.6) is 0 Å². The van der Waals surface area contributed by atoms with E-state index in [0.717, 1.165) is 5.01 Å². The van der Waals surface area contributed by atoms with E-state index >= 15 is 0 Å². The van der Waals surface area contributed by atoms with Crippen LogP contribution in [0.3, 0.4) is 0 Å². The summed E-state index contributed by atoms with van der Waals surface area (Å²) in [6.07, 6.45) is 1.23. The van der Waals surface area contributed by atoms with E-state index in [2.05, 4.69) is 10.3 Å². The predicted molar refractivity (Wildman–Crippen MR) is 75.8 cm³/mol. The van der Waals surface area contributed by atoms with E-state index in [1.165, 1.54) is 16.2 Å². The van der Waals surface area contributed by atoms with Crippen LogP contribution in [0.4, 0.5) is 4.79 Å². The maximum atomic E-state index is 12.1. The van der Waals surface area contributed by atoms with Gasteiger partial charge in [0.1, 0.15) is 5.01 Å². The van der Waals surface area contributed by atoms with Crippen LogP contribution in [0, 0.1) is 0 Å². The molecule has 8 nitrogen and oxygen atoms in total. The summed E-state index contributed by atoms with van der Waals surface area (Å²) < 4.78 is 23.2. The lowest BCUT2D eigenvalue weighted by molar-refractivity contribution is -0.138. The van der Waals surface area contributed by atoms with Crippen LogP contribution in [0.2, 0.25) is 0 Å². The summed E-state index contributed by atoms with van der Waals surface area (Å²) in [5.41, 5.74) is 0. The molecule has 0 saturated carbocycles. The van der Waals surface area contributed by atoms with Crippen LogP contribution < -0.4 is 5.32 Å². The van der Waals surface area contributed by atoms with Crippen LogP contribution in [-0.4, -0.2) is 59.5 Å². The van der Waals surface area contributed by atoms with E-state index in [1.807, 2.05) is 0 Å². The molecule has 2 heterocycles. The summed E-state index contributed by atoms with van der Waals surface area (Å²) in [7, 11) is -3.30. The highest BCUT2D eigenvalue weighted by Gasteiger charge is 2.35. The van der Waals surface area contributed by atoms with Crippen molar-refractivity contribution in [3.05, 3.63) is 16.6 Å². The van der Waals surface area contributed by atoms with Gasteiger partial charge in [0.2, 0.25) is 0 Å². The molecule has 1 aliphatic rings. The number of aromatic nitrogens is 1. The number of amides is 2. The van der Waals surface area contributed by atoms with E-state index in [1.54, 1.807) is 11.6 Å². The topological polar surface area (TPSA) is 117 Å². The van der Waals surface area contributed by atoms with Gasteiger partial charge < -0.3 is 15.3 Å². The fourth-order valence-corrected chi connectivity index (χ4v) is 4.20. The van der Waals surface area contributed by atoms with Gasteiger partial charge in [-0.1, -0.05) is 0 Å². The Morgan fingerprint density at radius 3 is 2.90 bits per heavy atom. The van der Waals surface area contributed by atoms with Crippen LogP contribution in [-0.2, 0) is 21.2 Å². The molecular formula is C11H15N3O5S2. The zero-order valence-electron chi connectivity index (χ0n) is 11.1. The average Bonchev–Trinajstić information content (AvgIpc) is 2.87. The minimum absolute atomic E-state index is 0.00395. The van der Waals surface area contributed by atoms with E-state index < -0.39 is 27.9 Å². The first-order valence-electron chi connectivity index (χ1n) is 6.22. The number of hydrogen-bond donors (Lipinski definition) is 2. The summed E-state index contributed by atoms with van der Waals surface area (Å²) in [6, 6.07) is -1.30. The second-order valence-corrected chi connectivity index (χ2v) is 7.85. The number of aliphatic carboxylic acids is 1. The van der Waals surface area contributed by atoms with E-state index in [0.29, 0.717) is 0 Å². The number of nitrogens with one attached hydrogen (secondary N) is 1. The van der Waals surface area contributed by atoms with Crippen molar-refractivity contribution in [3.63, 3.8) is 0 Å². The molecule has 0 bridgehead atoms. The number of thiazole rings is 1. The van der Waals surface area contributed by atoms with E-state index in [4.69, 9.17) is 5.11 Å². The summed E-state index contributed by atoms with van der Waals surface area (Å²) in [5, 5.41) is 14.0. The monoisotopic (exact) mass is 333 g/mol. The minimum atomic E-state index is -3.30. The van der Waals surface area contributed by atoms with Crippen molar-refractivity contribution in [3.8, 4) is 0 Å². The number of urea groups is 1. The highest BCUT2D eigenvalue weighted by Crippen LogP contribution is 2.15.